The van der Waals surface area contributed by atoms with Gasteiger partial charge < -0.3 is 10.2 Å². The van der Waals surface area contributed by atoms with Crippen LogP contribution < -0.4 is 5.32 Å². The van der Waals surface area contributed by atoms with Gasteiger partial charge in [-0.1, -0.05) is 13.8 Å². The van der Waals surface area contributed by atoms with E-state index in [1.165, 1.54) is 0 Å². The van der Waals surface area contributed by atoms with Crippen molar-refractivity contribution in [3.05, 3.63) is 0 Å². The molecular formula is C12H22N2O3S. The zero-order chi connectivity index (χ0) is 13.4. The Labute approximate surface area is 109 Å². The van der Waals surface area contributed by atoms with Gasteiger partial charge in [0, 0.05) is 13.1 Å². The molecule has 2 saturated heterocycles. The maximum Gasteiger partial charge on any atom is 0.240 e. The van der Waals surface area contributed by atoms with Crippen LogP contribution in [0, 0.1) is 5.41 Å². The lowest BCUT2D eigenvalue weighted by Crippen LogP contribution is -2.58. The van der Waals surface area contributed by atoms with Crippen molar-refractivity contribution in [2.45, 2.75) is 32.7 Å². The third-order valence-electron chi connectivity index (χ3n) is 4.03. The van der Waals surface area contributed by atoms with Gasteiger partial charge in [-0.05, 0) is 24.8 Å². The Bertz CT molecular complexity index is 417. The summed E-state index contributed by atoms with van der Waals surface area (Å²) in [7, 11) is -2.92. The minimum atomic E-state index is -2.92. The van der Waals surface area contributed by atoms with Gasteiger partial charge in [-0.2, -0.15) is 0 Å². The number of piperidine rings is 1. The minimum absolute atomic E-state index is 0.0499. The van der Waals surface area contributed by atoms with Gasteiger partial charge >= 0.3 is 0 Å². The fourth-order valence-corrected chi connectivity index (χ4v) is 3.95. The molecule has 1 atom stereocenters. The predicted octanol–water partition coefficient (Wildman–Crippen LogP) is 0.0216. The van der Waals surface area contributed by atoms with Crippen LogP contribution in [0.4, 0.5) is 0 Å². The van der Waals surface area contributed by atoms with Gasteiger partial charge in [0.1, 0.15) is 0 Å². The summed E-state index contributed by atoms with van der Waals surface area (Å²) in [5, 5.41) is 3.29. The molecule has 0 saturated carbocycles. The van der Waals surface area contributed by atoms with Crippen molar-refractivity contribution in [2.24, 2.45) is 5.41 Å². The molecule has 0 bridgehead atoms. The first kappa shape index (κ1) is 13.8. The van der Waals surface area contributed by atoms with Crippen molar-refractivity contribution in [1.29, 1.82) is 0 Å². The topological polar surface area (TPSA) is 66.5 Å². The monoisotopic (exact) mass is 274 g/mol. The van der Waals surface area contributed by atoms with E-state index in [9.17, 15) is 13.2 Å². The predicted molar refractivity (Wildman–Crippen MR) is 70.0 cm³/mol. The number of rotatable bonds is 1. The lowest BCUT2D eigenvalue weighted by molar-refractivity contribution is -0.137. The molecule has 1 amide bonds. The standard InChI is InChI=1S/C12H22N2O3S/c1-12(2)4-3-5-13-10(12)11(15)14-6-8-18(16,17)9-7-14/h10,13H,3-9H2,1-2H3. The fourth-order valence-electron chi connectivity index (χ4n) is 2.75. The average Bonchev–Trinajstić information content (AvgIpc) is 2.27. The van der Waals surface area contributed by atoms with Crippen LogP contribution in [0.5, 0.6) is 0 Å². The summed E-state index contributed by atoms with van der Waals surface area (Å²) in [5.74, 6) is 0.271. The van der Waals surface area contributed by atoms with Gasteiger partial charge in [0.2, 0.25) is 5.91 Å². The van der Waals surface area contributed by atoms with Crippen molar-refractivity contribution in [2.75, 3.05) is 31.1 Å². The Balaban J connectivity index is 2.03. The number of sulfone groups is 1. The van der Waals surface area contributed by atoms with E-state index in [0.29, 0.717) is 13.1 Å². The van der Waals surface area contributed by atoms with Crippen molar-refractivity contribution in [3.63, 3.8) is 0 Å². The number of carbonyl (C=O) groups excluding carboxylic acids is 1. The molecule has 5 nitrogen and oxygen atoms in total. The minimum Gasteiger partial charge on any atom is -0.339 e. The third-order valence-corrected chi connectivity index (χ3v) is 5.64. The summed E-state index contributed by atoms with van der Waals surface area (Å²) in [6.45, 7) is 5.75. The number of nitrogens with one attached hydrogen (secondary N) is 1. The fraction of sp³-hybridized carbons (Fsp3) is 0.917. The molecule has 2 rings (SSSR count). The van der Waals surface area contributed by atoms with Crippen molar-refractivity contribution in [1.82, 2.24) is 10.2 Å². The summed E-state index contributed by atoms with van der Waals surface area (Å²) in [6, 6.07) is -0.174. The molecule has 0 radical (unpaired) electrons. The second kappa shape index (κ2) is 4.81. The highest BCUT2D eigenvalue weighted by atomic mass is 32.2. The Morgan fingerprint density at radius 2 is 1.89 bits per heavy atom. The first-order valence-electron chi connectivity index (χ1n) is 6.54. The number of amides is 1. The lowest BCUT2D eigenvalue weighted by atomic mass is 9.77. The zero-order valence-corrected chi connectivity index (χ0v) is 11.9. The van der Waals surface area contributed by atoms with Gasteiger partial charge in [-0.3, -0.25) is 4.79 Å². The SMILES string of the molecule is CC1(C)CCCNC1C(=O)N1CCS(=O)(=O)CC1. The summed E-state index contributed by atoms with van der Waals surface area (Å²) in [4.78, 5) is 14.1. The van der Waals surface area contributed by atoms with E-state index in [1.54, 1.807) is 4.90 Å². The molecule has 0 aliphatic carbocycles. The number of nitrogens with zero attached hydrogens (tertiary/aromatic N) is 1. The Morgan fingerprint density at radius 1 is 1.28 bits per heavy atom. The molecule has 0 aromatic rings. The van der Waals surface area contributed by atoms with Gasteiger partial charge in [0.25, 0.3) is 0 Å². The summed E-state index contributed by atoms with van der Waals surface area (Å²) in [6.07, 6.45) is 2.12. The molecule has 0 aromatic heterocycles. The molecule has 2 heterocycles. The third kappa shape index (κ3) is 2.85. The quantitative estimate of drug-likeness (QED) is 0.732. The van der Waals surface area contributed by atoms with Crippen LogP contribution in [0.15, 0.2) is 0 Å². The van der Waals surface area contributed by atoms with Gasteiger partial charge in [-0.15, -0.1) is 0 Å². The second-order valence-corrected chi connectivity index (χ2v) is 8.26. The van der Waals surface area contributed by atoms with E-state index in [1.807, 2.05) is 0 Å². The first-order chi connectivity index (χ1) is 8.32. The first-order valence-corrected chi connectivity index (χ1v) is 8.37. The number of hydrogen-bond donors (Lipinski definition) is 1. The van der Waals surface area contributed by atoms with Crippen molar-refractivity contribution >= 4 is 15.7 Å². The summed E-state index contributed by atoms with van der Waals surface area (Å²) < 4.78 is 22.7. The average molecular weight is 274 g/mol. The van der Waals surface area contributed by atoms with Crippen LogP contribution in [0.2, 0.25) is 0 Å². The Hall–Kier alpha value is -0.620. The van der Waals surface area contributed by atoms with E-state index in [4.69, 9.17) is 0 Å². The molecule has 2 aliphatic rings. The highest BCUT2D eigenvalue weighted by molar-refractivity contribution is 7.91. The molecule has 1 unspecified atom stereocenters. The maximum absolute atomic E-state index is 12.4. The van der Waals surface area contributed by atoms with Crippen molar-refractivity contribution in [3.8, 4) is 0 Å². The smallest absolute Gasteiger partial charge is 0.240 e. The van der Waals surface area contributed by atoms with E-state index in [0.717, 1.165) is 19.4 Å². The highest BCUT2D eigenvalue weighted by Crippen LogP contribution is 2.31. The van der Waals surface area contributed by atoms with Crippen LogP contribution in [-0.2, 0) is 14.6 Å². The molecule has 6 heteroatoms. The lowest BCUT2D eigenvalue weighted by Gasteiger charge is -2.41. The van der Waals surface area contributed by atoms with E-state index in [-0.39, 0.29) is 28.9 Å². The summed E-state index contributed by atoms with van der Waals surface area (Å²) in [5.41, 5.74) is -0.0499. The Kier molecular flexibility index (Phi) is 3.69. The molecule has 1 N–H and O–H groups in total. The summed E-state index contributed by atoms with van der Waals surface area (Å²) >= 11 is 0. The molecule has 2 aliphatic heterocycles. The molecule has 104 valence electrons. The molecule has 0 aromatic carbocycles. The molecule has 18 heavy (non-hydrogen) atoms. The molecule has 2 fully saturated rings. The van der Waals surface area contributed by atoms with Gasteiger partial charge in [0.05, 0.1) is 17.5 Å². The molecular weight excluding hydrogens is 252 g/mol. The van der Waals surface area contributed by atoms with Crippen LogP contribution in [-0.4, -0.2) is 56.4 Å². The van der Waals surface area contributed by atoms with Crippen molar-refractivity contribution < 1.29 is 13.2 Å². The Morgan fingerprint density at radius 3 is 2.44 bits per heavy atom. The van der Waals surface area contributed by atoms with Crippen LogP contribution >= 0.6 is 0 Å². The number of hydrogen-bond acceptors (Lipinski definition) is 4. The number of carbonyl (C=O) groups is 1. The van der Waals surface area contributed by atoms with Crippen LogP contribution in [0.3, 0.4) is 0 Å². The zero-order valence-electron chi connectivity index (χ0n) is 11.1. The van der Waals surface area contributed by atoms with Gasteiger partial charge in [-0.25, -0.2) is 8.42 Å². The second-order valence-electron chi connectivity index (χ2n) is 5.96. The normalized spacial score (nSPS) is 31.0. The van der Waals surface area contributed by atoms with E-state index in [2.05, 4.69) is 19.2 Å². The maximum atomic E-state index is 12.4. The van der Waals surface area contributed by atoms with Crippen LogP contribution in [0.25, 0.3) is 0 Å². The van der Waals surface area contributed by atoms with Crippen LogP contribution in [0.1, 0.15) is 26.7 Å². The van der Waals surface area contributed by atoms with Gasteiger partial charge in [0.15, 0.2) is 9.84 Å². The van der Waals surface area contributed by atoms with E-state index < -0.39 is 9.84 Å². The largest absolute Gasteiger partial charge is 0.339 e. The highest BCUT2D eigenvalue weighted by Gasteiger charge is 2.40. The van der Waals surface area contributed by atoms with E-state index >= 15 is 0 Å². The molecule has 0 spiro atoms.